The van der Waals surface area contributed by atoms with Crippen LogP contribution in [0.3, 0.4) is 0 Å². The lowest BCUT2D eigenvalue weighted by Gasteiger charge is -2.04. The van der Waals surface area contributed by atoms with Gasteiger partial charge < -0.3 is 5.11 Å². The Kier molecular flexibility index (Phi) is 1.85. The molecule has 0 saturated heterocycles. The van der Waals surface area contributed by atoms with Crippen molar-refractivity contribution < 1.29 is 18.3 Å². The fourth-order valence-electron chi connectivity index (χ4n) is 1.83. The third-order valence-corrected chi connectivity index (χ3v) is 2.41. The fraction of sp³-hybridized carbons (Fsp3) is 0.625. The molecule has 0 bridgehead atoms. The van der Waals surface area contributed by atoms with Crippen LogP contribution in [-0.2, 0) is 26.1 Å². The quantitative estimate of drug-likeness (QED) is 0.684. The Balaban J connectivity index is 2.51. The highest BCUT2D eigenvalue weighted by atomic mass is 19.4. The molecule has 1 heterocycles. The molecule has 1 atom stereocenters. The van der Waals surface area contributed by atoms with Crippen molar-refractivity contribution in [3.63, 3.8) is 0 Å². The lowest BCUT2D eigenvalue weighted by atomic mass is 10.2. The number of rotatable bonds is 0. The first-order valence-electron chi connectivity index (χ1n) is 4.19. The van der Waals surface area contributed by atoms with Gasteiger partial charge in [0.15, 0.2) is 5.69 Å². The summed E-state index contributed by atoms with van der Waals surface area (Å²) in [6, 6.07) is 0. The summed E-state index contributed by atoms with van der Waals surface area (Å²) in [5.74, 6) is 0. The van der Waals surface area contributed by atoms with Gasteiger partial charge in [0.1, 0.15) is 0 Å². The van der Waals surface area contributed by atoms with Crippen molar-refractivity contribution >= 4 is 0 Å². The van der Waals surface area contributed by atoms with Crippen LogP contribution in [0.1, 0.15) is 17.0 Å². The molecule has 1 N–H and O–H groups in total. The third-order valence-electron chi connectivity index (χ3n) is 2.41. The number of fused-ring (bicyclic) bond motifs is 1. The average Bonchev–Trinajstić information content (AvgIpc) is 2.49. The summed E-state index contributed by atoms with van der Waals surface area (Å²) in [6.07, 6.45) is -4.81. The Morgan fingerprint density at radius 2 is 2.07 bits per heavy atom. The lowest BCUT2D eigenvalue weighted by molar-refractivity contribution is -0.142. The van der Waals surface area contributed by atoms with Gasteiger partial charge in [0, 0.05) is 31.1 Å². The first kappa shape index (κ1) is 9.51. The van der Waals surface area contributed by atoms with Crippen LogP contribution in [0.2, 0.25) is 0 Å². The van der Waals surface area contributed by atoms with Crippen LogP contribution in [0.15, 0.2) is 0 Å². The molecule has 6 heteroatoms. The predicted molar refractivity (Wildman–Crippen MR) is 41.6 cm³/mol. The van der Waals surface area contributed by atoms with Crippen molar-refractivity contribution in [2.45, 2.75) is 25.1 Å². The number of alkyl halides is 3. The molecule has 1 aliphatic rings. The third kappa shape index (κ3) is 1.30. The van der Waals surface area contributed by atoms with Crippen LogP contribution in [0.25, 0.3) is 0 Å². The van der Waals surface area contributed by atoms with Gasteiger partial charge in [-0.2, -0.15) is 18.3 Å². The van der Waals surface area contributed by atoms with Crippen LogP contribution in [0.4, 0.5) is 13.2 Å². The number of hydrogen-bond donors (Lipinski definition) is 1. The van der Waals surface area contributed by atoms with Gasteiger partial charge >= 0.3 is 6.18 Å². The molecular formula is C8H9F3N2O. The summed E-state index contributed by atoms with van der Waals surface area (Å²) in [4.78, 5) is 0. The van der Waals surface area contributed by atoms with E-state index >= 15 is 0 Å². The molecule has 14 heavy (non-hydrogen) atoms. The van der Waals surface area contributed by atoms with E-state index in [9.17, 15) is 18.3 Å². The van der Waals surface area contributed by atoms with Crippen LogP contribution < -0.4 is 0 Å². The maximum absolute atomic E-state index is 12.4. The molecule has 0 aromatic carbocycles. The van der Waals surface area contributed by atoms with Crippen molar-refractivity contribution in [1.29, 1.82) is 0 Å². The minimum absolute atomic E-state index is 0.0536. The highest BCUT2D eigenvalue weighted by molar-refractivity contribution is 5.33. The van der Waals surface area contributed by atoms with Gasteiger partial charge in [0.05, 0.1) is 6.10 Å². The number of aryl methyl sites for hydroxylation is 1. The molecule has 0 radical (unpaired) electrons. The van der Waals surface area contributed by atoms with E-state index in [4.69, 9.17) is 0 Å². The summed E-state index contributed by atoms with van der Waals surface area (Å²) < 4.78 is 38.5. The molecule has 1 aromatic rings. The first-order chi connectivity index (χ1) is 6.39. The number of nitrogens with zero attached hydrogens (tertiary/aromatic N) is 2. The van der Waals surface area contributed by atoms with Gasteiger partial charge in [0.25, 0.3) is 0 Å². The Bertz CT molecular complexity index is 369. The van der Waals surface area contributed by atoms with Gasteiger partial charge in [-0.05, 0) is 0 Å². The van der Waals surface area contributed by atoms with Gasteiger partial charge in [0.2, 0.25) is 0 Å². The van der Waals surface area contributed by atoms with Crippen molar-refractivity contribution in [3.8, 4) is 0 Å². The monoisotopic (exact) mass is 206 g/mol. The average molecular weight is 206 g/mol. The van der Waals surface area contributed by atoms with Gasteiger partial charge in [-0.3, -0.25) is 4.68 Å². The summed E-state index contributed by atoms with van der Waals surface area (Å²) in [7, 11) is 1.46. The molecule has 0 amide bonds. The number of aromatic nitrogens is 2. The van der Waals surface area contributed by atoms with E-state index in [-0.39, 0.29) is 18.4 Å². The van der Waals surface area contributed by atoms with Gasteiger partial charge in [-0.1, -0.05) is 0 Å². The Labute approximate surface area is 78.1 Å². The zero-order valence-corrected chi connectivity index (χ0v) is 7.47. The predicted octanol–water partition coefficient (Wildman–Crippen LogP) is 0.898. The number of hydrogen-bond acceptors (Lipinski definition) is 2. The molecule has 1 aromatic heterocycles. The van der Waals surface area contributed by atoms with Gasteiger partial charge in [-0.15, -0.1) is 0 Å². The van der Waals surface area contributed by atoms with Crippen molar-refractivity contribution in [2.24, 2.45) is 7.05 Å². The Morgan fingerprint density at radius 1 is 1.43 bits per heavy atom. The second kappa shape index (κ2) is 2.73. The van der Waals surface area contributed by atoms with E-state index < -0.39 is 18.0 Å². The second-order valence-corrected chi connectivity index (χ2v) is 3.46. The van der Waals surface area contributed by atoms with E-state index in [1.54, 1.807) is 0 Å². The highest BCUT2D eigenvalue weighted by Gasteiger charge is 2.41. The molecular weight excluding hydrogens is 197 g/mol. The van der Waals surface area contributed by atoms with Crippen molar-refractivity contribution in [2.75, 3.05) is 0 Å². The minimum atomic E-state index is -4.42. The second-order valence-electron chi connectivity index (χ2n) is 3.46. The van der Waals surface area contributed by atoms with Crippen LogP contribution in [-0.4, -0.2) is 21.0 Å². The van der Waals surface area contributed by atoms with Crippen molar-refractivity contribution in [1.82, 2.24) is 9.78 Å². The maximum atomic E-state index is 12.4. The molecule has 0 saturated carbocycles. The van der Waals surface area contributed by atoms with Crippen LogP contribution >= 0.6 is 0 Å². The van der Waals surface area contributed by atoms with E-state index in [1.165, 1.54) is 11.7 Å². The molecule has 0 spiro atoms. The topological polar surface area (TPSA) is 38.0 Å². The standard InChI is InChI=1S/C8H9F3N2O/c1-13-6-3-4(14)2-5(6)7(12-13)8(9,10)11/h4,14H,2-3H2,1H3. The number of aliphatic hydroxyl groups is 1. The highest BCUT2D eigenvalue weighted by Crippen LogP contribution is 2.36. The summed E-state index contributed by atoms with van der Waals surface area (Å²) >= 11 is 0. The van der Waals surface area contributed by atoms with Crippen LogP contribution in [0.5, 0.6) is 0 Å². The molecule has 3 nitrogen and oxygen atoms in total. The lowest BCUT2D eigenvalue weighted by Crippen LogP contribution is -2.13. The zero-order valence-electron chi connectivity index (χ0n) is 7.47. The maximum Gasteiger partial charge on any atom is 0.435 e. The SMILES string of the molecule is Cn1nc(C(F)(F)F)c2c1CC(O)C2. The normalized spacial score (nSPS) is 21.4. The summed E-state index contributed by atoms with van der Waals surface area (Å²) in [5, 5.41) is 12.7. The number of aliphatic hydroxyl groups excluding tert-OH is 1. The molecule has 0 aliphatic heterocycles. The van der Waals surface area contributed by atoms with E-state index in [1.807, 2.05) is 0 Å². The Morgan fingerprint density at radius 3 is 2.64 bits per heavy atom. The smallest absolute Gasteiger partial charge is 0.392 e. The van der Waals surface area contributed by atoms with Crippen molar-refractivity contribution in [3.05, 3.63) is 17.0 Å². The van der Waals surface area contributed by atoms with Crippen LogP contribution in [0, 0.1) is 0 Å². The Hall–Kier alpha value is -1.04. The molecule has 0 fully saturated rings. The minimum Gasteiger partial charge on any atom is -0.392 e. The summed E-state index contributed by atoms with van der Waals surface area (Å²) in [6.45, 7) is 0. The largest absolute Gasteiger partial charge is 0.435 e. The van der Waals surface area contributed by atoms with E-state index in [0.717, 1.165) is 0 Å². The molecule has 1 unspecified atom stereocenters. The zero-order chi connectivity index (χ0) is 10.5. The molecule has 1 aliphatic carbocycles. The number of halogens is 3. The first-order valence-corrected chi connectivity index (χ1v) is 4.19. The molecule has 78 valence electrons. The summed E-state index contributed by atoms with van der Waals surface area (Å²) in [5.41, 5.74) is -0.219. The molecule has 2 rings (SSSR count). The van der Waals surface area contributed by atoms with E-state index in [0.29, 0.717) is 5.69 Å². The van der Waals surface area contributed by atoms with E-state index in [2.05, 4.69) is 5.10 Å². The fourth-order valence-corrected chi connectivity index (χ4v) is 1.83. The van der Waals surface area contributed by atoms with Gasteiger partial charge in [-0.25, -0.2) is 0 Å².